The van der Waals surface area contributed by atoms with Crippen LogP contribution in [0.2, 0.25) is 0 Å². The maximum atomic E-state index is 13.0. The van der Waals surface area contributed by atoms with Gasteiger partial charge >= 0.3 is 0 Å². The van der Waals surface area contributed by atoms with Crippen molar-refractivity contribution in [1.82, 2.24) is 19.9 Å². The standard InChI is InChI=1S/C21H21N5O/c1-15-12-19(25-21(24-15)23-13-18-8-4-5-10-22-18)20(27)26-11-9-16-6-2-3-7-17(16)14-26/h2-8,10,12H,9,11,13-14H2,1H3,(H,23,24,25). The zero-order chi connectivity index (χ0) is 18.6. The summed E-state index contributed by atoms with van der Waals surface area (Å²) >= 11 is 0. The number of benzene rings is 1. The van der Waals surface area contributed by atoms with Gasteiger partial charge in [0.15, 0.2) is 0 Å². The molecule has 2 aromatic heterocycles. The van der Waals surface area contributed by atoms with E-state index in [1.54, 1.807) is 12.3 Å². The van der Waals surface area contributed by atoms with E-state index in [9.17, 15) is 4.79 Å². The Labute approximate surface area is 158 Å². The van der Waals surface area contributed by atoms with Gasteiger partial charge in [0, 0.05) is 25.0 Å². The van der Waals surface area contributed by atoms with E-state index in [1.807, 2.05) is 42.2 Å². The predicted molar refractivity (Wildman–Crippen MR) is 103 cm³/mol. The van der Waals surface area contributed by atoms with Crippen LogP contribution >= 0.6 is 0 Å². The van der Waals surface area contributed by atoms with Gasteiger partial charge in [0.2, 0.25) is 5.95 Å². The van der Waals surface area contributed by atoms with Crippen molar-refractivity contribution in [1.29, 1.82) is 0 Å². The molecule has 27 heavy (non-hydrogen) atoms. The fraction of sp³-hybridized carbons (Fsp3) is 0.238. The van der Waals surface area contributed by atoms with Gasteiger partial charge in [-0.1, -0.05) is 30.3 Å². The molecule has 1 N–H and O–H groups in total. The zero-order valence-electron chi connectivity index (χ0n) is 15.2. The molecule has 1 aromatic carbocycles. The number of nitrogens with zero attached hydrogens (tertiary/aromatic N) is 4. The summed E-state index contributed by atoms with van der Waals surface area (Å²) < 4.78 is 0. The van der Waals surface area contributed by atoms with Crippen LogP contribution in [0.3, 0.4) is 0 Å². The minimum absolute atomic E-state index is 0.0594. The minimum Gasteiger partial charge on any atom is -0.349 e. The fourth-order valence-corrected chi connectivity index (χ4v) is 3.26. The van der Waals surface area contributed by atoms with Crippen LogP contribution in [-0.2, 0) is 19.5 Å². The summed E-state index contributed by atoms with van der Waals surface area (Å²) in [5.41, 5.74) is 4.59. The maximum absolute atomic E-state index is 13.0. The number of nitrogens with one attached hydrogen (secondary N) is 1. The first-order valence-corrected chi connectivity index (χ1v) is 9.04. The third-order valence-electron chi connectivity index (χ3n) is 4.64. The monoisotopic (exact) mass is 359 g/mol. The Bertz CT molecular complexity index is 958. The van der Waals surface area contributed by atoms with Crippen molar-refractivity contribution in [2.24, 2.45) is 0 Å². The van der Waals surface area contributed by atoms with Crippen LogP contribution in [0.15, 0.2) is 54.7 Å². The summed E-state index contributed by atoms with van der Waals surface area (Å²) in [5.74, 6) is 0.386. The van der Waals surface area contributed by atoms with Crippen LogP contribution < -0.4 is 5.32 Å². The molecule has 1 amide bonds. The Morgan fingerprint density at radius 1 is 1.11 bits per heavy atom. The molecule has 1 aliphatic rings. The van der Waals surface area contributed by atoms with Gasteiger partial charge in [-0.15, -0.1) is 0 Å². The lowest BCUT2D eigenvalue weighted by atomic mass is 10.00. The Balaban J connectivity index is 1.50. The first-order valence-electron chi connectivity index (χ1n) is 9.04. The van der Waals surface area contributed by atoms with Crippen LogP contribution in [0, 0.1) is 6.92 Å². The lowest BCUT2D eigenvalue weighted by molar-refractivity contribution is 0.0728. The number of anilines is 1. The number of carbonyl (C=O) groups excluding carboxylic acids is 1. The van der Waals surface area contributed by atoms with Crippen LogP contribution in [0.1, 0.15) is 33.0 Å². The van der Waals surface area contributed by atoms with Crippen LogP contribution in [-0.4, -0.2) is 32.3 Å². The highest BCUT2D eigenvalue weighted by atomic mass is 16.2. The summed E-state index contributed by atoms with van der Waals surface area (Å²) in [6.45, 7) is 3.70. The Hall–Kier alpha value is -3.28. The second-order valence-electron chi connectivity index (χ2n) is 6.64. The van der Waals surface area contributed by atoms with E-state index in [1.165, 1.54) is 11.1 Å². The zero-order valence-corrected chi connectivity index (χ0v) is 15.2. The molecule has 0 bridgehead atoms. The molecule has 1 aliphatic heterocycles. The Kier molecular flexibility index (Phi) is 4.78. The van der Waals surface area contributed by atoms with E-state index in [2.05, 4.69) is 32.4 Å². The van der Waals surface area contributed by atoms with E-state index in [-0.39, 0.29) is 5.91 Å². The number of carbonyl (C=O) groups is 1. The third-order valence-corrected chi connectivity index (χ3v) is 4.64. The van der Waals surface area contributed by atoms with E-state index >= 15 is 0 Å². The van der Waals surface area contributed by atoms with Crippen molar-refractivity contribution in [3.63, 3.8) is 0 Å². The van der Waals surface area contributed by atoms with Gasteiger partial charge in [-0.05, 0) is 42.7 Å². The van der Waals surface area contributed by atoms with Gasteiger partial charge in [-0.3, -0.25) is 9.78 Å². The van der Waals surface area contributed by atoms with E-state index in [0.717, 1.165) is 17.8 Å². The molecule has 0 atom stereocenters. The topological polar surface area (TPSA) is 71.0 Å². The molecule has 0 saturated heterocycles. The highest BCUT2D eigenvalue weighted by Crippen LogP contribution is 2.20. The number of fused-ring (bicyclic) bond motifs is 1. The van der Waals surface area contributed by atoms with Gasteiger partial charge in [0.05, 0.1) is 12.2 Å². The van der Waals surface area contributed by atoms with E-state index in [0.29, 0.717) is 31.3 Å². The smallest absolute Gasteiger partial charge is 0.272 e. The Morgan fingerprint density at radius 3 is 2.74 bits per heavy atom. The summed E-state index contributed by atoms with van der Waals surface area (Å²) in [4.78, 5) is 27.9. The van der Waals surface area contributed by atoms with Gasteiger partial charge < -0.3 is 10.2 Å². The molecule has 6 heteroatoms. The molecule has 136 valence electrons. The summed E-state index contributed by atoms with van der Waals surface area (Å²) in [7, 11) is 0. The second-order valence-corrected chi connectivity index (χ2v) is 6.64. The van der Waals surface area contributed by atoms with Crippen molar-refractivity contribution in [2.75, 3.05) is 11.9 Å². The van der Waals surface area contributed by atoms with Crippen molar-refractivity contribution in [3.8, 4) is 0 Å². The van der Waals surface area contributed by atoms with Gasteiger partial charge in [0.1, 0.15) is 5.69 Å². The number of aryl methyl sites for hydroxylation is 1. The predicted octanol–water partition coefficient (Wildman–Crippen LogP) is 2.99. The normalized spacial score (nSPS) is 13.1. The lowest BCUT2D eigenvalue weighted by Crippen LogP contribution is -2.36. The summed E-state index contributed by atoms with van der Waals surface area (Å²) in [5, 5.41) is 3.16. The number of aromatic nitrogens is 3. The molecule has 0 saturated carbocycles. The summed E-state index contributed by atoms with van der Waals surface area (Å²) in [6.07, 6.45) is 2.62. The molecule has 0 spiro atoms. The molecule has 0 radical (unpaired) electrons. The van der Waals surface area contributed by atoms with Crippen molar-refractivity contribution in [3.05, 3.63) is 82.9 Å². The van der Waals surface area contributed by atoms with Gasteiger partial charge in [-0.2, -0.15) is 0 Å². The van der Waals surface area contributed by atoms with Crippen molar-refractivity contribution < 1.29 is 4.79 Å². The number of amides is 1. The van der Waals surface area contributed by atoms with E-state index < -0.39 is 0 Å². The fourth-order valence-electron chi connectivity index (χ4n) is 3.26. The van der Waals surface area contributed by atoms with E-state index in [4.69, 9.17) is 0 Å². The molecule has 3 aromatic rings. The molecular weight excluding hydrogens is 338 g/mol. The number of hydrogen-bond donors (Lipinski definition) is 1. The average molecular weight is 359 g/mol. The van der Waals surface area contributed by atoms with Crippen molar-refractivity contribution in [2.45, 2.75) is 26.4 Å². The first kappa shape index (κ1) is 17.1. The second kappa shape index (κ2) is 7.53. The molecule has 3 heterocycles. The quantitative estimate of drug-likeness (QED) is 0.775. The molecule has 4 rings (SSSR count). The number of hydrogen-bond acceptors (Lipinski definition) is 5. The average Bonchev–Trinajstić information content (AvgIpc) is 2.72. The van der Waals surface area contributed by atoms with Gasteiger partial charge in [-0.25, -0.2) is 9.97 Å². The number of pyridine rings is 1. The highest BCUT2D eigenvalue weighted by Gasteiger charge is 2.23. The maximum Gasteiger partial charge on any atom is 0.272 e. The largest absolute Gasteiger partial charge is 0.349 e. The minimum atomic E-state index is -0.0594. The SMILES string of the molecule is Cc1cc(C(=O)N2CCc3ccccc3C2)nc(NCc2ccccn2)n1. The highest BCUT2D eigenvalue weighted by molar-refractivity contribution is 5.92. The first-order chi connectivity index (χ1) is 13.2. The summed E-state index contributed by atoms with van der Waals surface area (Å²) in [6, 6.07) is 15.8. The lowest BCUT2D eigenvalue weighted by Gasteiger charge is -2.28. The Morgan fingerprint density at radius 2 is 1.93 bits per heavy atom. The number of rotatable bonds is 4. The van der Waals surface area contributed by atoms with Crippen LogP contribution in [0.5, 0.6) is 0 Å². The molecule has 0 fully saturated rings. The molecular formula is C21H21N5O. The molecule has 0 aliphatic carbocycles. The van der Waals surface area contributed by atoms with Crippen molar-refractivity contribution >= 4 is 11.9 Å². The molecule has 0 unspecified atom stereocenters. The molecule has 6 nitrogen and oxygen atoms in total. The van der Waals surface area contributed by atoms with Crippen LogP contribution in [0.25, 0.3) is 0 Å². The van der Waals surface area contributed by atoms with Gasteiger partial charge in [0.25, 0.3) is 5.91 Å². The van der Waals surface area contributed by atoms with Crippen LogP contribution in [0.4, 0.5) is 5.95 Å². The third kappa shape index (κ3) is 3.95.